The van der Waals surface area contributed by atoms with Crippen molar-refractivity contribution in [2.24, 2.45) is 0 Å². The number of anilines is 2. The van der Waals surface area contributed by atoms with Crippen molar-refractivity contribution in [2.45, 2.75) is 18.1 Å². The summed E-state index contributed by atoms with van der Waals surface area (Å²) in [5.74, 6) is -0.306. The van der Waals surface area contributed by atoms with Gasteiger partial charge < -0.3 is 10.1 Å². The topological polar surface area (TPSA) is 75.7 Å². The average Bonchev–Trinajstić information content (AvgIpc) is 2.47. The lowest BCUT2D eigenvalue weighted by Crippen LogP contribution is -2.47. The van der Waals surface area contributed by atoms with Crippen LogP contribution in [0.1, 0.15) is 12.8 Å². The van der Waals surface area contributed by atoms with Crippen LogP contribution in [0, 0.1) is 0 Å². The molecule has 20 heavy (non-hydrogen) atoms. The van der Waals surface area contributed by atoms with Gasteiger partial charge in [0, 0.05) is 13.2 Å². The lowest BCUT2D eigenvalue weighted by atomic mass is 10.2. The molecule has 7 heteroatoms. The van der Waals surface area contributed by atoms with Crippen molar-refractivity contribution in [2.75, 3.05) is 29.4 Å². The molecule has 1 saturated heterocycles. The van der Waals surface area contributed by atoms with Gasteiger partial charge in [0.05, 0.1) is 16.6 Å². The molecule has 2 heterocycles. The van der Waals surface area contributed by atoms with E-state index >= 15 is 0 Å². The molecule has 1 aromatic rings. The van der Waals surface area contributed by atoms with Crippen LogP contribution in [0.5, 0.6) is 0 Å². The Kier molecular flexibility index (Phi) is 3.39. The number of nitrogens with one attached hydrogen (secondary N) is 1. The number of rotatable bonds is 2. The summed E-state index contributed by atoms with van der Waals surface area (Å²) in [6.45, 7) is 0.744. The first kappa shape index (κ1) is 13.4. The van der Waals surface area contributed by atoms with E-state index in [-0.39, 0.29) is 12.5 Å². The normalized spacial score (nSPS) is 20.4. The second kappa shape index (κ2) is 5.06. The molecule has 0 atom stereocenters. The third-order valence-electron chi connectivity index (χ3n) is 3.63. The summed E-state index contributed by atoms with van der Waals surface area (Å²) >= 11 is 0. The number of ether oxygens (including phenoxy) is 1. The van der Waals surface area contributed by atoms with Crippen LogP contribution in [0.3, 0.4) is 0 Å². The Bertz CT molecular complexity index is 623. The van der Waals surface area contributed by atoms with Crippen molar-refractivity contribution in [3.63, 3.8) is 0 Å². The number of amides is 1. The smallest absolute Gasteiger partial charge is 0.245 e. The molecule has 3 rings (SSSR count). The third-order valence-corrected chi connectivity index (χ3v) is 5.88. The molecular formula is C13H16N2O4S. The Hall–Kier alpha value is -1.60. The Morgan fingerprint density at radius 2 is 1.90 bits per heavy atom. The summed E-state index contributed by atoms with van der Waals surface area (Å²) in [6.07, 6.45) is 0.950. The van der Waals surface area contributed by atoms with Crippen LogP contribution in [0.2, 0.25) is 0 Å². The number of sulfonamides is 1. The van der Waals surface area contributed by atoms with E-state index < -0.39 is 15.3 Å². The van der Waals surface area contributed by atoms with Crippen LogP contribution in [0.15, 0.2) is 24.3 Å². The first-order valence-corrected chi connectivity index (χ1v) is 8.07. The zero-order chi connectivity index (χ0) is 14.2. The van der Waals surface area contributed by atoms with Gasteiger partial charge in [0.2, 0.25) is 15.9 Å². The van der Waals surface area contributed by atoms with Crippen molar-refractivity contribution in [3.8, 4) is 0 Å². The van der Waals surface area contributed by atoms with E-state index in [9.17, 15) is 13.2 Å². The fourth-order valence-corrected chi connectivity index (χ4v) is 4.46. The number of benzene rings is 1. The minimum absolute atomic E-state index is 0.156. The van der Waals surface area contributed by atoms with Gasteiger partial charge in [-0.25, -0.2) is 8.42 Å². The van der Waals surface area contributed by atoms with Crippen LogP contribution < -0.4 is 9.62 Å². The molecule has 0 spiro atoms. The molecule has 1 N–H and O–H groups in total. The standard InChI is InChI=1S/C13H16N2O4S/c16-13-9-15(12-4-2-1-3-11(12)14-13)20(17,18)10-5-7-19-8-6-10/h1-4,10H,5-9H2,(H,14,16). The quantitative estimate of drug-likeness (QED) is 0.882. The monoisotopic (exact) mass is 296 g/mol. The van der Waals surface area contributed by atoms with E-state index in [1.807, 2.05) is 0 Å². The molecule has 0 bridgehead atoms. The van der Waals surface area contributed by atoms with Crippen LogP contribution in [-0.4, -0.2) is 39.3 Å². The SMILES string of the molecule is O=C1CN(S(=O)(=O)C2CCOCC2)c2ccccc2N1. The van der Waals surface area contributed by atoms with Gasteiger partial charge in [-0.15, -0.1) is 0 Å². The van der Waals surface area contributed by atoms with Crippen molar-refractivity contribution in [1.29, 1.82) is 0 Å². The summed E-state index contributed by atoms with van der Waals surface area (Å²) in [5, 5.41) is 2.22. The van der Waals surface area contributed by atoms with Gasteiger partial charge in [0.1, 0.15) is 6.54 Å². The molecule has 0 radical (unpaired) electrons. The van der Waals surface area contributed by atoms with Crippen molar-refractivity contribution < 1.29 is 17.9 Å². The van der Waals surface area contributed by atoms with E-state index in [0.29, 0.717) is 37.4 Å². The molecule has 0 unspecified atom stereocenters. The van der Waals surface area contributed by atoms with Crippen molar-refractivity contribution in [3.05, 3.63) is 24.3 Å². The van der Waals surface area contributed by atoms with E-state index in [0.717, 1.165) is 0 Å². The zero-order valence-electron chi connectivity index (χ0n) is 10.9. The Morgan fingerprint density at radius 1 is 1.20 bits per heavy atom. The molecule has 2 aliphatic heterocycles. The summed E-state index contributed by atoms with van der Waals surface area (Å²) in [7, 11) is -3.54. The van der Waals surface area contributed by atoms with Gasteiger partial charge in [0.15, 0.2) is 0 Å². The minimum atomic E-state index is -3.54. The molecule has 0 aromatic heterocycles. The Labute approximate surface area is 117 Å². The maximum absolute atomic E-state index is 12.7. The second-order valence-corrected chi connectivity index (χ2v) is 7.07. The predicted molar refractivity (Wildman–Crippen MR) is 75.2 cm³/mol. The van der Waals surface area contributed by atoms with E-state index in [2.05, 4.69) is 5.32 Å². The van der Waals surface area contributed by atoms with E-state index in [1.54, 1.807) is 24.3 Å². The van der Waals surface area contributed by atoms with Gasteiger partial charge in [-0.1, -0.05) is 12.1 Å². The molecule has 0 aliphatic carbocycles. The number of fused-ring (bicyclic) bond motifs is 1. The van der Waals surface area contributed by atoms with E-state index in [1.165, 1.54) is 4.31 Å². The highest BCUT2D eigenvalue weighted by atomic mass is 32.2. The summed E-state index contributed by atoms with van der Waals surface area (Å²) in [6, 6.07) is 6.96. The van der Waals surface area contributed by atoms with Crippen LogP contribution in [-0.2, 0) is 19.6 Å². The number of carbonyl (C=O) groups is 1. The fraction of sp³-hybridized carbons (Fsp3) is 0.462. The molecule has 1 amide bonds. The summed E-state index contributed by atoms with van der Waals surface area (Å²) in [4.78, 5) is 11.7. The molecule has 0 saturated carbocycles. The zero-order valence-corrected chi connectivity index (χ0v) is 11.7. The maximum Gasteiger partial charge on any atom is 0.245 e. The largest absolute Gasteiger partial charge is 0.381 e. The summed E-state index contributed by atoms with van der Waals surface area (Å²) in [5.41, 5.74) is 1.08. The number of hydrogen-bond acceptors (Lipinski definition) is 4. The van der Waals surface area contributed by atoms with Gasteiger partial charge in [-0.05, 0) is 25.0 Å². The Morgan fingerprint density at radius 3 is 2.65 bits per heavy atom. The fourth-order valence-electron chi connectivity index (χ4n) is 2.58. The lowest BCUT2D eigenvalue weighted by Gasteiger charge is -2.34. The number of nitrogens with zero attached hydrogens (tertiary/aromatic N) is 1. The molecular weight excluding hydrogens is 280 g/mol. The number of para-hydroxylation sites is 2. The van der Waals surface area contributed by atoms with Crippen molar-refractivity contribution in [1.82, 2.24) is 0 Å². The van der Waals surface area contributed by atoms with Gasteiger partial charge in [-0.3, -0.25) is 9.10 Å². The van der Waals surface area contributed by atoms with Gasteiger partial charge in [-0.2, -0.15) is 0 Å². The number of carbonyl (C=O) groups excluding carboxylic acids is 1. The predicted octanol–water partition coefficient (Wildman–Crippen LogP) is 0.954. The van der Waals surface area contributed by atoms with Crippen LogP contribution >= 0.6 is 0 Å². The van der Waals surface area contributed by atoms with Gasteiger partial charge in [0.25, 0.3) is 0 Å². The first-order chi connectivity index (χ1) is 9.59. The Balaban J connectivity index is 1.98. The molecule has 1 fully saturated rings. The first-order valence-electron chi connectivity index (χ1n) is 6.57. The van der Waals surface area contributed by atoms with Crippen LogP contribution in [0.25, 0.3) is 0 Å². The molecule has 1 aromatic carbocycles. The summed E-state index contributed by atoms with van der Waals surface area (Å²) < 4.78 is 31.9. The maximum atomic E-state index is 12.7. The lowest BCUT2D eigenvalue weighted by molar-refractivity contribution is -0.115. The number of hydrogen-bond donors (Lipinski definition) is 1. The highest BCUT2D eigenvalue weighted by molar-refractivity contribution is 7.93. The highest BCUT2D eigenvalue weighted by Gasteiger charge is 2.37. The molecule has 108 valence electrons. The highest BCUT2D eigenvalue weighted by Crippen LogP contribution is 2.33. The van der Waals surface area contributed by atoms with Crippen LogP contribution in [0.4, 0.5) is 11.4 Å². The van der Waals surface area contributed by atoms with Crippen molar-refractivity contribution >= 4 is 27.3 Å². The average molecular weight is 296 g/mol. The molecule has 2 aliphatic rings. The minimum Gasteiger partial charge on any atom is -0.381 e. The second-order valence-electron chi connectivity index (χ2n) is 4.93. The third kappa shape index (κ3) is 2.27. The molecule has 6 nitrogen and oxygen atoms in total. The van der Waals surface area contributed by atoms with E-state index in [4.69, 9.17) is 4.74 Å². The van der Waals surface area contributed by atoms with Gasteiger partial charge >= 0.3 is 0 Å².